The van der Waals surface area contributed by atoms with Crippen LogP contribution in [0.3, 0.4) is 0 Å². The molecule has 1 aliphatic heterocycles. The third kappa shape index (κ3) is 3.85. The lowest BCUT2D eigenvalue weighted by atomic mass is 10.3. The van der Waals surface area contributed by atoms with Gasteiger partial charge in [0.2, 0.25) is 0 Å². The second-order valence-electron chi connectivity index (χ2n) is 4.17. The van der Waals surface area contributed by atoms with Crippen molar-refractivity contribution in [3.05, 3.63) is 27.7 Å². The van der Waals surface area contributed by atoms with Crippen LogP contribution in [0.4, 0.5) is 0 Å². The molecule has 0 amide bonds. The number of β-amino-alcohol motifs (C(OH)–C–C–N with tert-alkyl or cyclic N) is 1. The van der Waals surface area contributed by atoms with Gasteiger partial charge in [0.15, 0.2) is 0 Å². The van der Waals surface area contributed by atoms with E-state index in [9.17, 15) is 5.11 Å². The Morgan fingerprint density at radius 1 is 1.53 bits per heavy atom. The van der Waals surface area contributed by atoms with Crippen molar-refractivity contribution >= 4 is 27.5 Å². The molecule has 1 aliphatic rings. The van der Waals surface area contributed by atoms with Crippen molar-refractivity contribution in [2.45, 2.75) is 12.5 Å². The second-order valence-corrected chi connectivity index (χ2v) is 5.46. The molecule has 1 N–H and O–H groups in total. The Hall–Kier alpha value is -0.290. The first-order valence-corrected chi connectivity index (χ1v) is 6.80. The zero-order valence-corrected chi connectivity index (χ0v) is 11.7. The molecule has 0 unspecified atom stereocenters. The molecule has 17 heavy (non-hydrogen) atoms. The topological polar surface area (TPSA) is 32.7 Å². The SMILES string of the molecule is O[C@@H]1CCN(CCOc2ccc(Cl)cc2Br)C1. The van der Waals surface area contributed by atoms with Crippen LogP contribution in [-0.4, -0.2) is 42.4 Å². The predicted molar refractivity (Wildman–Crippen MR) is 71.7 cm³/mol. The van der Waals surface area contributed by atoms with Gasteiger partial charge in [-0.2, -0.15) is 0 Å². The van der Waals surface area contributed by atoms with Crippen LogP contribution in [0.1, 0.15) is 6.42 Å². The molecule has 1 heterocycles. The molecule has 1 atom stereocenters. The van der Waals surface area contributed by atoms with Gasteiger partial charge in [0, 0.05) is 24.7 Å². The standard InChI is InChI=1S/C12H15BrClNO2/c13-11-7-9(14)1-2-12(11)17-6-5-15-4-3-10(16)8-15/h1-2,7,10,16H,3-6,8H2/t10-/m1/s1. The van der Waals surface area contributed by atoms with Gasteiger partial charge in [-0.1, -0.05) is 11.6 Å². The zero-order chi connectivity index (χ0) is 12.3. The maximum absolute atomic E-state index is 9.39. The van der Waals surface area contributed by atoms with Crippen LogP contribution in [0, 0.1) is 0 Å². The van der Waals surface area contributed by atoms with Gasteiger partial charge in [0.25, 0.3) is 0 Å². The number of ether oxygens (including phenoxy) is 1. The molecule has 0 saturated carbocycles. The van der Waals surface area contributed by atoms with Crippen LogP contribution in [-0.2, 0) is 0 Å². The number of rotatable bonds is 4. The van der Waals surface area contributed by atoms with E-state index >= 15 is 0 Å². The number of benzene rings is 1. The minimum Gasteiger partial charge on any atom is -0.491 e. The number of hydrogen-bond donors (Lipinski definition) is 1. The highest BCUT2D eigenvalue weighted by Gasteiger charge is 2.19. The molecule has 1 aromatic carbocycles. The zero-order valence-electron chi connectivity index (χ0n) is 9.40. The van der Waals surface area contributed by atoms with E-state index in [-0.39, 0.29) is 6.10 Å². The van der Waals surface area contributed by atoms with Gasteiger partial charge < -0.3 is 9.84 Å². The summed E-state index contributed by atoms with van der Waals surface area (Å²) < 4.78 is 6.53. The Balaban J connectivity index is 1.78. The van der Waals surface area contributed by atoms with Crippen molar-refractivity contribution in [2.24, 2.45) is 0 Å². The summed E-state index contributed by atoms with van der Waals surface area (Å²) in [7, 11) is 0. The molecule has 94 valence electrons. The molecule has 2 rings (SSSR count). The number of aliphatic hydroxyl groups excluding tert-OH is 1. The Kier molecular flexibility index (Phi) is 4.68. The van der Waals surface area contributed by atoms with Crippen LogP contribution < -0.4 is 4.74 Å². The third-order valence-corrected chi connectivity index (χ3v) is 3.66. The summed E-state index contributed by atoms with van der Waals surface area (Å²) >= 11 is 9.26. The number of halogens is 2. The molecule has 0 spiro atoms. The highest BCUT2D eigenvalue weighted by Crippen LogP contribution is 2.27. The van der Waals surface area contributed by atoms with Crippen LogP contribution in [0.5, 0.6) is 5.75 Å². The van der Waals surface area contributed by atoms with Crippen molar-refractivity contribution in [2.75, 3.05) is 26.2 Å². The van der Waals surface area contributed by atoms with E-state index in [0.717, 1.165) is 36.3 Å². The summed E-state index contributed by atoms with van der Waals surface area (Å²) in [5.74, 6) is 0.800. The van der Waals surface area contributed by atoms with Gasteiger partial charge in [-0.15, -0.1) is 0 Å². The van der Waals surface area contributed by atoms with Gasteiger partial charge >= 0.3 is 0 Å². The number of hydrogen-bond acceptors (Lipinski definition) is 3. The molecule has 0 aromatic heterocycles. The Morgan fingerprint density at radius 2 is 2.35 bits per heavy atom. The summed E-state index contributed by atoms with van der Waals surface area (Å²) in [5.41, 5.74) is 0. The van der Waals surface area contributed by atoms with E-state index in [0.29, 0.717) is 11.6 Å². The van der Waals surface area contributed by atoms with Crippen LogP contribution in [0.15, 0.2) is 22.7 Å². The number of aliphatic hydroxyl groups is 1. The van der Waals surface area contributed by atoms with E-state index < -0.39 is 0 Å². The first kappa shape index (κ1) is 13.1. The van der Waals surface area contributed by atoms with Gasteiger partial charge in [0.1, 0.15) is 12.4 Å². The van der Waals surface area contributed by atoms with E-state index in [4.69, 9.17) is 16.3 Å². The molecule has 5 heteroatoms. The van der Waals surface area contributed by atoms with Crippen molar-refractivity contribution < 1.29 is 9.84 Å². The minimum absolute atomic E-state index is 0.169. The fourth-order valence-corrected chi connectivity index (χ4v) is 2.69. The summed E-state index contributed by atoms with van der Waals surface area (Å²) in [6.07, 6.45) is 0.697. The predicted octanol–water partition coefficient (Wildman–Crippen LogP) is 2.55. The molecule has 0 aliphatic carbocycles. The van der Waals surface area contributed by atoms with Gasteiger partial charge in [0.05, 0.1) is 10.6 Å². The second kappa shape index (κ2) is 6.05. The summed E-state index contributed by atoms with van der Waals surface area (Å²) in [6, 6.07) is 5.48. The number of likely N-dealkylation sites (tertiary alicyclic amines) is 1. The van der Waals surface area contributed by atoms with E-state index in [1.165, 1.54) is 0 Å². The fourth-order valence-electron chi connectivity index (χ4n) is 1.89. The maximum atomic E-state index is 9.39. The molecule has 1 fully saturated rings. The lowest BCUT2D eigenvalue weighted by Crippen LogP contribution is -2.27. The monoisotopic (exact) mass is 319 g/mol. The normalized spacial score (nSPS) is 20.8. The third-order valence-electron chi connectivity index (χ3n) is 2.81. The summed E-state index contributed by atoms with van der Waals surface area (Å²) in [6.45, 7) is 3.16. The average Bonchev–Trinajstić information content (AvgIpc) is 2.68. The van der Waals surface area contributed by atoms with Crippen molar-refractivity contribution in [1.29, 1.82) is 0 Å². The Morgan fingerprint density at radius 3 is 3.00 bits per heavy atom. The van der Waals surface area contributed by atoms with Gasteiger partial charge in [-0.05, 0) is 40.5 Å². The van der Waals surface area contributed by atoms with Crippen LogP contribution in [0.2, 0.25) is 5.02 Å². The summed E-state index contributed by atoms with van der Waals surface area (Å²) in [4.78, 5) is 2.20. The molecule has 1 aromatic rings. The highest BCUT2D eigenvalue weighted by atomic mass is 79.9. The Labute approximate surface area is 114 Å². The molecule has 3 nitrogen and oxygen atoms in total. The van der Waals surface area contributed by atoms with Crippen molar-refractivity contribution in [3.8, 4) is 5.75 Å². The van der Waals surface area contributed by atoms with Gasteiger partial charge in [-0.3, -0.25) is 4.90 Å². The summed E-state index contributed by atoms with van der Waals surface area (Å²) in [5, 5.41) is 10.1. The number of nitrogens with zero attached hydrogens (tertiary/aromatic N) is 1. The Bertz CT molecular complexity index is 389. The molecular formula is C12H15BrClNO2. The quantitative estimate of drug-likeness (QED) is 0.925. The minimum atomic E-state index is -0.169. The van der Waals surface area contributed by atoms with E-state index in [1.54, 1.807) is 6.07 Å². The van der Waals surface area contributed by atoms with Crippen LogP contribution in [0.25, 0.3) is 0 Å². The lowest BCUT2D eigenvalue weighted by molar-refractivity contribution is 0.167. The smallest absolute Gasteiger partial charge is 0.133 e. The molecular weight excluding hydrogens is 305 g/mol. The fraction of sp³-hybridized carbons (Fsp3) is 0.500. The average molecular weight is 321 g/mol. The van der Waals surface area contributed by atoms with Crippen molar-refractivity contribution in [3.63, 3.8) is 0 Å². The van der Waals surface area contributed by atoms with Gasteiger partial charge in [-0.25, -0.2) is 0 Å². The largest absolute Gasteiger partial charge is 0.491 e. The maximum Gasteiger partial charge on any atom is 0.133 e. The lowest BCUT2D eigenvalue weighted by Gasteiger charge is -2.15. The van der Waals surface area contributed by atoms with E-state index in [2.05, 4.69) is 20.8 Å². The van der Waals surface area contributed by atoms with Crippen LogP contribution >= 0.6 is 27.5 Å². The first-order valence-electron chi connectivity index (χ1n) is 5.63. The van der Waals surface area contributed by atoms with E-state index in [1.807, 2.05) is 12.1 Å². The highest BCUT2D eigenvalue weighted by molar-refractivity contribution is 9.10. The molecule has 0 radical (unpaired) electrons. The van der Waals surface area contributed by atoms with Crippen molar-refractivity contribution in [1.82, 2.24) is 4.90 Å². The molecule has 1 saturated heterocycles. The molecule has 0 bridgehead atoms. The first-order chi connectivity index (χ1) is 8.15.